The summed E-state index contributed by atoms with van der Waals surface area (Å²) in [7, 11) is 2.19. The Bertz CT molecular complexity index is 179. The molecule has 1 unspecified atom stereocenters. The van der Waals surface area contributed by atoms with Gasteiger partial charge in [-0.25, -0.2) is 0 Å². The number of rotatable bonds is 4. The third kappa shape index (κ3) is 5.19. The van der Waals surface area contributed by atoms with Gasteiger partial charge in [-0.1, -0.05) is 9.39 Å². The second kappa shape index (κ2) is 4.89. The lowest BCUT2D eigenvalue weighted by atomic mass is 10.1. The predicted molar refractivity (Wildman–Crippen MR) is 54.6 cm³/mol. The van der Waals surface area contributed by atoms with Gasteiger partial charge in [0.1, 0.15) is 6.04 Å². The molecule has 0 heterocycles. The number of carbonyl (C=O) groups is 1. The van der Waals surface area contributed by atoms with Crippen LogP contribution in [0.15, 0.2) is 0 Å². The molecule has 0 aliphatic rings. The monoisotopic (exact) mass is 207 g/mol. The zero-order valence-corrected chi connectivity index (χ0v) is 9.65. The van der Waals surface area contributed by atoms with E-state index in [0.717, 1.165) is 0 Å². The minimum Gasteiger partial charge on any atom is -0.480 e. The molecule has 0 radical (unpaired) electrons. The van der Waals surface area contributed by atoms with Crippen LogP contribution in [0.3, 0.4) is 0 Å². The van der Waals surface area contributed by atoms with E-state index in [1.54, 1.807) is 6.92 Å². The van der Waals surface area contributed by atoms with Crippen molar-refractivity contribution in [2.45, 2.75) is 45.4 Å². The fraction of sp³-hybridized carbons (Fsp3) is 0.875. The smallest absolute Gasteiger partial charge is 0.323 e. The van der Waals surface area contributed by atoms with Crippen molar-refractivity contribution >= 4 is 15.4 Å². The van der Waals surface area contributed by atoms with Gasteiger partial charge in [0, 0.05) is 0 Å². The van der Waals surface area contributed by atoms with Crippen LogP contribution in [0.5, 0.6) is 0 Å². The van der Waals surface area contributed by atoms with Gasteiger partial charge in [-0.15, -0.1) is 0 Å². The maximum Gasteiger partial charge on any atom is 0.323 e. The Morgan fingerprint density at radius 3 is 2.23 bits per heavy atom. The molecule has 0 bridgehead atoms. The van der Waals surface area contributed by atoms with Gasteiger partial charge >= 0.3 is 5.97 Å². The van der Waals surface area contributed by atoms with E-state index in [-0.39, 0.29) is 11.7 Å². The molecule has 2 N–H and O–H groups in total. The van der Waals surface area contributed by atoms with E-state index in [1.165, 1.54) is 0 Å². The van der Waals surface area contributed by atoms with Crippen LogP contribution in [0.1, 0.15) is 27.7 Å². The molecule has 4 nitrogen and oxygen atoms in total. The SMILES string of the molecule is C[C@@H](OC(C)(C)C)[C@H](NP)C(=O)O. The van der Waals surface area contributed by atoms with Crippen molar-refractivity contribution in [3.8, 4) is 0 Å². The van der Waals surface area contributed by atoms with Crippen LogP contribution >= 0.6 is 9.39 Å². The second-order valence-electron chi connectivity index (χ2n) is 3.92. The third-order valence-electron chi connectivity index (χ3n) is 1.45. The molecule has 0 saturated heterocycles. The van der Waals surface area contributed by atoms with Crippen molar-refractivity contribution in [3.63, 3.8) is 0 Å². The Labute approximate surface area is 81.3 Å². The van der Waals surface area contributed by atoms with Crippen LogP contribution < -0.4 is 5.09 Å². The summed E-state index contributed by atoms with van der Waals surface area (Å²) in [6, 6.07) is -0.691. The normalized spacial score (nSPS) is 16.7. The van der Waals surface area contributed by atoms with E-state index in [1.807, 2.05) is 20.8 Å². The molecule has 0 rings (SSSR count). The van der Waals surface area contributed by atoms with Gasteiger partial charge in [-0.3, -0.25) is 9.88 Å². The molecular weight excluding hydrogens is 189 g/mol. The van der Waals surface area contributed by atoms with Crippen molar-refractivity contribution in [1.82, 2.24) is 5.09 Å². The van der Waals surface area contributed by atoms with Gasteiger partial charge in [-0.2, -0.15) is 0 Å². The summed E-state index contributed by atoms with van der Waals surface area (Å²) >= 11 is 0. The van der Waals surface area contributed by atoms with E-state index in [9.17, 15) is 4.79 Å². The molecule has 0 spiro atoms. The van der Waals surface area contributed by atoms with E-state index in [0.29, 0.717) is 0 Å². The van der Waals surface area contributed by atoms with Gasteiger partial charge in [0.15, 0.2) is 0 Å². The van der Waals surface area contributed by atoms with Crippen LogP contribution in [0.4, 0.5) is 0 Å². The topological polar surface area (TPSA) is 58.6 Å². The summed E-state index contributed by atoms with van der Waals surface area (Å²) in [5, 5.41) is 11.4. The maximum absolute atomic E-state index is 10.7. The fourth-order valence-electron chi connectivity index (χ4n) is 1.03. The average Bonchev–Trinajstić information content (AvgIpc) is 1.82. The molecule has 0 amide bonds. The minimum absolute atomic E-state index is 0.325. The second-order valence-corrected chi connectivity index (χ2v) is 4.25. The molecule has 0 saturated carbocycles. The molecule has 78 valence electrons. The first-order valence-corrected chi connectivity index (χ1v) is 4.72. The lowest BCUT2D eigenvalue weighted by molar-refractivity contribution is -0.146. The quantitative estimate of drug-likeness (QED) is 0.676. The molecule has 3 atom stereocenters. The van der Waals surface area contributed by atoms with Gasteiger partial charge in [0.2, 0.25) is 0 Å². The lowest BCUT2D eigenvalue weighted by Gasteiger charge is -2.28. The maximum atomic E-state index is 10.7. The van der Waals surface area contributed by atoms with E-state index < -0.39 is 12.0 Å². The summed E-state index contributed by atoms with van der Waals surface area (Å²) in [4.78, 5) is 10.7. The highest BCUT2D eigenvalue weighted by atomic mass is 31.0. The number of ether oxygens (including phenoxy) is 1. The zero-order valence-electron chi connectivity index (χ0n) is 8.50. The highest BCUT2D eigenvalue weighted by Gasteiger charge is 2.27. The number of carboxylic acid groups (broad SMARTS) is 1. The number of aliphatic carboxylic acids is 1. The number of carboxylic acids is 1. The summed E-state index contributed by atoms with van der Waals surface area (Å²) in [6.07, 6.45) is -0.366. The van der Waals surface area contributed by atoms with E-state index in [4.69, 9.17) is 9.84 Å². The third-order valence-corrected chi connectivity index (χ3v) is 1.81. The average molecular weight is 207 g/mol. The van der Waals surface area contributed by atoms with Gasteiger partial charge in [0.05, 0.1) is 11.7 Å². The number of hydrogen-bond donors (Lipinski definition) is 2. The standard InChI is InChI=1S/C8H18NO3P/c1-5(12-8(2,3)4)6(9-13)7(10)11/h5-6,9H,13H2,1-4H3,(H,10,11)/t5-,6+/m1/s1. The van der Waals surface area contributed by atoms with E-state index >= 15 is 0 Å². The van der Waals surface area contributed by atoms with Gasteiger partial charge < -0.3 is 9.84 Å². The van der Waals surface area contributed by atoms with Crippen LogP contribution in [0.2, 0.25) is 0 Å². The first kappa shape index (κ1) is 12.8. The van der Waals surface area contributed by atoms with Crippen molar-refractivity contribution in [3.05, 3.63) is 0 Å². The Balaban J connectivity index is 4.22. The summed E-state index contributed by atoms with van der Waals surface area (Å²) in [6.45, 7) is 7.42. The molecule has 0 aromatic rings. The van der Waals surface area contributed by atoms with Crippen LogP contribution in [-0.2, 0) is 9.53 Å². The summed E-state index contributed by atoms with van der Waals surface area (Å²) < 4.78 is 5.50. The number of nitrogens with one attached hydrogen (secondary N) is 1. The van der Waals surface area contributed by atoms with Crippen molar-refractivity contribution in [2.24, 2.45) is 0 Å². The lowest BCUT2D eigenvalue weighted by Crippen LogP contribution is -2.44. The molecule has 0 aliphatic carbocycles. The molecule has 0 aliphatic heterocycles. The van der Waals surface area contributed by atoms with Crippen molar-refractivity contribution in [1.29, 1.82) is 0 Å². The zero-order chi connectivity index (χ0) is 10.6. The van der Waals surface area contributed by atoms with Crippen LogP contribution in [0, 0.1) is 0 Å². The highest BCUT2D eigenvalue weighted by Crippen LogP contribution is 2.13. The largest absolute Gasteiger partial charge is 0.480 e. The predicted octanol–water partition coefficient (Wildman–Crippen LogP) is 1.02. The Morgan fingerprint density at radius 2 is 2.00 bits per heavy atom. The Kier molecular flexibility index (Phi) is 4.82. The summed E-state index contributed by atoms with van der Waals surface area (Å²) in [5.74, 6) is -0.910. The molecule has 0 aromatic carbocycles. The molecule has 13 heavy (non-hydrogen) atoms. The van der Waals surface area contributed by atoms with Crippen LogP contribution in [0.25, 0.3) is 0 Å². The van der Waals surface area contributed by atoms with Gasteiger partial charge in [0.25, 0.3) is 0 Å². The minimum atomic E-state index is -0.910. The Hall–Kier alpha value is -0.180. The first-order chi connectivity index (χ1) is 5.78. The fourth-order valence-corrected chi connectivity index (χ4v) is 1.45. The van der Waals surface area contributed by atoms with Crippen LogP contribution in [-0.4, -0.2) is 28.8 Å². The highest BCUT2D eigenvalue weighted by molar-refractivity contribution is 7.13. The summed E-state index contributed by atoms with van der Waals surface area (Å²) in [5.41, 5.74) is -0.325. The van der Waals surface area contributed by atoms with Crippen molar-refractivity contribution in [2.75, 3.05) is 0 Å². The molecule has 5 heteroatoms. The van der Waals surface area contributed by atoms with E-state index in [2.05, 4.69) is 14.5 Å². The molecule has 0 aromatic heterocycles. The van der Waals surface area contributed by atoms with Gasteiger partial charge in [-0.05, 0) is 27.7 Å². The molecule has 0 fully saturated rings. The van der Waals surface area contributed by atoms with Crippen molar-refractivity contribution < 1.29 is 14.6 Å². The number of hydrogen-bond acceptors (Lipinski definition) is 3. The first-order valence-electron chi connectivity index (χ1n) is 4.14. The Morgan fingerprint density at radius 1 is 1.54 bits per heavy atom. The molecular formula is C8H18NO3P.